The zero-order chi connectivity index (χ0) is 13.8. The van der Waals surface area contributed by atoms with Gasteiger partial charge in [-0.05, 0) is 23.0 Å². The van der Waals surface area contributed by atoms with Crippen LogP contribution in [0.15, 0.2) is 24.3 Å². The number of sulfonamides is 1. The van der Waals surface area contributed by atoms with E-state index >= 15 is 0 Å². The van der Waals surface area contributed by atoms with Crippen molar-refractivity contribution in [3.63, 3.8) is 0 Å². The molecule has 0 unspecified atom stereocenters. The maximum atomic E-state index is 11.1. The Morgan fingerprint density at radius 3 is 2.50 bits per heavy atom. The van der Waals surface area contributed by atoms with Gasteiger partial charge < -0.3 is 0 Å². The predicted octanol–water partition coefficient (Wildman–Crippen LogP) is 2.81. The van der Waals surface area contributed by atoms with Crippen molar-refractivity contribution in [2.75, 3.05) is 6.26 Å². The molecule has 1 aromatic rings. The minimum Gasteiger partial charge on any atom is -0.213 e. The van der Waals surface area contributed by atoms with E-state index < -0.39 is 10.0 Å². The molecule has 102 valence electrons. The number of rotatable bonds is 6. The Morgan fingerprint density at radius 1 is 1.28 bits per heavy atom. The molecule has 0 aliphatic heterocycles. The Kier molecular flexibility index (Phi) is 4.93. The van der Waals surface area contributed by atoms with Crippen molar-refractivity contribution < 1.29 is 8.42 Å². The van der Waals surface area contributed by atoms with Crippen LogP contribution in [0, 0.1) is 0 Å². The summed E-state index contributed by atoms with van der Waals surface area (Å²) in [4.78, 5) is 0. The highest BCUT2D eigenvalue weighted by molar-refractivity contribution is 7.88. The van der Waals surface area contributed by atoms with Crippen LogP contribution in [0.2, 0.25) is 0 Å². The Morgan fingerprint density at radius 2 is 1.94 bits per heavy atom. The van der Waals surface area contributed by atoms with Crippen molar-refractivity contribution >= 4 is 10.0 Å². The highest BCUT2D eigenvalue weighted by atomic mass is 32.2. The maximum Gasteiger partial charge on any atom is 0.209 e. The second kappa shape index (κ2) is 5.85. The first kappa shape index (κ1) is 15.2. The molecule has 0 aliphatic carbocycles. The lowest BCUT2D eigenvalue weighted by Gasteiger charge is -2.25. The van der Waals surface area contributed by atoms with E-state index in [1.54, 1.807) is 0 Å². The molecule has 0 aromatic heterocycles. The standard InChI is InChI=1S/C14H23NO2S/c1-5-9-14(2,3)13-8-6-7-12(10-13)11-15-18(4,16)17/h6-8,10,15H,5,9,11H2,1-4H3. The normalized spacial score (nSPS) is 12.7. The van der Waals surface area contributed by atoms with E-state index in [0.29, 0.717) is 6.54 Å². The van der Waals surface area contributed by atoms with Gasteiger partial charge in [-0.1, -0.05) is 51.5 Å². The van der Waals surface area contributed by atoms with Crippen LogP contribution in [0.1, 0.15) is 44.7 Å². The monoisotopic (exact) mass is 269 g/mol. The molecule has 0 fully saturated rings. The third kappa shape index (κ3) is 4.78. The lowest BCUT2D eigenvalue weighted by molar-refractivity contribution is 0.472. The molecule has 0 aliphatic rings. The molecule has 0 amide bonds. The van der Waals surface area contributed by atoms with E-state index in [2.05, 4.69) is 37.6 Å². The van der Waals surface area contributed by atoms with Crippen LogP contribution in [0.4, 0.5) is 0 Å². The highest BCUT2D eigenvalue weighted by Crippen LogP contribution is 2.28. The quantitative estimate of drug-likeness (QED) is 0.863. The van der Waals surface area contributed by atoms with Crippen LogP contribution in [0.25, 0.3) is 0 Å². The average molecular weight is 269 g/mol. The van der Waals surface area contributed by atoms with Crippen LogP contribution in [-0.2, 0) is 22.0 Å². The molecule has 1 aromatic carbocycles. The summed E-state index contributed by atoms with van der Waals surface area (Å²) in [5.41, 5.74) is 2.40. The summed E-state index contributed by atoms with van der Waals surface area (Å²) in [6, 6.07) is 8.14. The van der Waals surface area contributed by atoms with Gasteiger partial charge in [0.25, 0.3) is 0 Å². The van der Waals surface area contributed by atoms with Gasteiger partial charge in [-0.25, -0.2) is 13.1 Å². The zero-order valence-corrected chi connectivity index (χ0v) is 12.5. The van der Waals surface area contributed by atoms with Gasteiger partial charge in [0.2, 0.25) is 10.0 Å². The molecule has 18 heavy (non-hydrogen) atoms. The van der Waals surface area contributed by atoms with E-state index in [0.717, 1.165) is 18.4 Å². The largest absolute Gasteiger partial charge is 0.213 e. The molecule has 1 N–H and O–H groups in total. The first-order chi connectivity index (χ1) is 8.24. The predicted molar refractivity (Wildman–Crippen MR) is 76.1 cm³/mol. The molecule has 1 rings (SSSR count). The molecule has 0 saturated carbocycles. The number of hydrogen-bond acceptors (Lipinski definition) is 2. The fraction of sp³-hybridized carbons (Fsp3) is 0.571. The Bertz CT molecular complexity index is 492. The number of hydrogen-bond donors (Lipinski definition) is 1. The van der Waals surface area contributed by atoms with E-state index in [4.69, 9.17) is 0 Å². The molecule has 0 heterocycles. The third-order valence-corrected chi connectivity index (χ3v) is 3.79. The molecule has 0 bridgehead atoms. The van der Waals surface area contributed by atoms with Gasteiger partial charge in [0.15, 0.2) is 0 Å². The fourth-order valence-corrected chi connectivity index (χ4v) is 2.51. The molecule has 3 nitrogen and oxygen atoms in total. The minimum absolute atomic E-state index is 0.135. The van der Waals surface area contributed by atoms with Gasteiger partial charge in [-0.3, -0.25) is 0 Å². The Hall–Kier alpha value is -0.870. The molecule has 0 atom stereocenters. The van der Waals surface area contributed by atoms with E-state index in [-0.39, 0.29) is 5.41 Å². The van der Waals surface area contributed by atoms with E-state index in [1.807, 2.05) is 12.1 Å². The minimum atomic E-state index is -3.13. The van der Waals surface area contributed by atoms with Crippen molar-refractivity contribution in [1.82, 2.24) is 4.72 Å². The number of benzene rings is 1. The Labute approximate surface area is 111 Å². The van der Waals surface area contributed by atoms with Gasteiger partial charge in [-0.15, -0.1) is 0 Å². The van der Waals surface area contributed by atoms with Gasteiger partial charge in [0.05, 0.1) is 6.26 Å². The summed E-state index contributed by atoms with van der Waals surface area (Å²) >= 11 is 0. The van der Waals surface area contributed by atoms with Crippen molar-refractivity contribution in [3.05, 3.63) is 35.4 Å². The van der Waals surface area contributed by atoms with Gasteiger partial charge in [-0.2, -0.15) is 0 Å². The number of nitrogens with one attached hydrogen (secondary N) is 1. The van der Waals surface area contributed by atoms with Crippen LogP contribution < -0.4 is 4.72 Å². The summed E-state index contributed by atoms with van der Waals surface area (Å²) in [5, 5.41) is 0. The van der Waals surface area contributed by atoms with Crippen molar-refractivity contribution in [2.45, 2.75) is 45.6 Å². The first-order valence-electron chi connectivity index (χ1n) is 6.28. The lowest BCUT2D eigenvalue weighted by Crippen LogP contribution is -2.22. The fourth-order valence-electron chi connectivity index (χ4n) is 2.09. The Balaban J connectivity index is 2.86. The highest BCUT2D eigenvalue weighted by Gasteiger charge is 2.19. The molecular formula is C14H23NO2S. The topological polar surface area (TPSA) is 46.2 Å². The third-order valence-electron chi connectivity index (χ3n) is 3.12. The second-order valence-corrected chi connectivity index (χ2v) is 7.26. The van der Waals surface area contributed by atoms with Gasteiger partial charge in [0.1, 0.15) is 0 Å². The van der Waals surface area contributed by atoms with E-state index in [9.17, 15) is 8.42 Å². The molecule has 0 spiro atoms. The summed E-state index contributed by atoms with van der Waals surface area (Å²) in [6.07, 6.45) is 3.44. The molecular weight excluding hydrogens is 246 g/mol. The summed E-state index contributed by atoms with van der Waals surface area (Å²) in [6.45, 7) is 6.98. The van der Waals surface area contributed by atoms with Crippen LogP contribution in [0.3, 0.4) is 0 Å². The molecule has 4 heteroatoms. The summed E-state index contributed by atoms with van der Waals surface area (Å²) in [5.74, 6) is 0. The van der Waals surface area contributed by atoms with Crippen molar-refractivity contribution in [1.29, 1.82) is 0 Å². The van der Waals surface area contributed by atoms with Crippen LogP contribution in [-0.4, -0.2) is 14.7 Å². The summed E-state index contributed by atoms with van der Waals surface area (Å²) in [7, 11) is -3.13. The average Bonchev–Trinajstić information content (AvgIpc) is 2.26. The molecule has 0 radical (unpaired) electrons. The van der Waals surface area contributed by atoms with Crippen LogP contribution in [0.5, 0.6) is 0 Å². The van der Waals surface area contributed by atoms with Gasteiger partial charge in [0, 0.05) is 6.54 Å². The summed E-state index contributed by atoms with van der Waals surface area (Å²) < 4.78 is 24.7. The molecule has 0 saturated heterocycles. The van der Waals surface area contributed by atoms with Crippen molar-refractivity contribution in [3.8, 4) is 0 Å². The smallest absolute Gasteiger partial charge is 0.209 e. The van der Waals surface area contributed by atoms with Crippen molar-refractivity contribution in [2.24, 2.45) is 0 Å². The zero-order valence-electron chi connectivity index (χ0n) is 11.7. The SMILES string of the molecule is CCCC(C)(C)c1cccc(CNS(C)(=O)=O)c1. The first-order valence-corrected chi connectivity index (χ1v) is 8.18. The van der Waals surface area contributed by atoms with Gasteiger partial charge >= 0.3 is 0 Å². The van der Waals surface area contributed by atoms with E-state index in [1.165, 1.54) is 11.8 Å². The second-order valence-electron chi connectivity index (χ2n) is 5.43. The lowest BCUT2D eigenvalue weighted by atomic mass is 9.80. The maximum absolute atomic E-state index is 11.1. The van der Waals surface area contributed by atoms with Crippen LogP contribution >= 0.6 is 0 Å².